The summed E-state index contributed by atoms with van der Waals surface area (Å²) in [7, 11) is 0. The second-order valence-corrected chi connectivity index (χ2v) is 4.71. The van der Waals surface area contributed by atoms with E-state index in [4.69, 9.17) is 5.73 Å². The largest absolute Gasteiger partial charge is 0.342 e. The first-order valence-electron chi connectivity index (χ1n) is 6.52. The number of carbonyl (C=O) groups excluding carboxylic acids is 1. The normalized spacial score (nSPS) is 14.9. The van der Waals surface area contributed by atoms with E-state index in [9.17, 15) is 4.79 Å². The van der Waals surface area contributed by atoms with Gasteiger partial charge in [-0.05, 0) is 19.8 Å². The summed E-state index contributed by atoms with van der Waals surface area (Å²) in [5.74, 6) is 0.739. The van der Waals surface area contributed by atoms with Gasteiger partial charge < -0.3 is 10.6 Å². The Bertz CT molecular complexity index is 200. The van der Waals surface area contributed by atoms with Crippen molar-refractivity contribution >= 4 is 5.91 Å². The van der Waals surface area contributed by atoms with E-state index in [1.807, 2.05) is 25.7 Å². The lowest BCUT2D eigenvalue weighted by Gasteiger charge is -2.29. The maximum atomic E-state index is 12.1. The molecular weight excluding hydrogens is 200 g/mol. The van der Waals surface area contributed by atoms with Gasteiger partial charge in [-0.2, -0.15) is 0 Å². The van der Waals surface area contributed by atoms with Crippen molar-refractivity contribution in [2.24, 2.45) is 17.6 Å². The van der Waals surface area contributed by atoms with Gasteiger partial charge in [-0.15, -0.1) is 0 Å². The van der Waals surface area contributed by atoms with Crippen molar-refractivity contribution in [1.29, 1.82) is 0 Å². The fourth-order valence-electron chi connectivity index (χ4n) is 1.75. The zero-order chi connectivity index (χ0) is 12.7. The molecule has 96 valence electrons. The SMILES string of the molecule is CCC(CC)CN(CC)C(=O)C(C)C(C)N. The summed E-state index contributed by atoms with van der Waals surface area (Å²) in [4.78, 5) is 14.1. The van der Waals surface area contributed by atoms with Crippen molar-refractivity contribution < 1.29 is 4.79 Å². The van der Waals surface area contributed by atoms with Crippen molar-refractivity contribution in [3.8, 4) is 0 Å². The lowest BCUT2D eigenvalue weighted by molar-refractivity contribution is -0.136. The van der Waals surface area contributed by atoms with Crippen LogP contribution in [0, 0.1) is 11.8 Å². The first-order chi connectivity index (χ1) is 7.47. The summed E-state index contributed by atoms with van der Waals surface area (Å²) in [5, 5.41) is 0. The minimum absolute atomic E-state index is 0.0664. The van der Waals surface area contributed by atoms with Crippen molar-refractivity contribution in [3.63, 3.8) is 0 Å². The van der Waals surface area contributed by atoms with Gasteiger partial charge in [0.1, 0.15) is 0 Å². The lowest BCUT2D eigenvalue weighted by atomic mass is 9.99. The maximum Gasteiger partial charge on any atom is 0.226 e. The van der Waals surface area contributed by atoms with E-state index < -0.39 is 0 Å². The van der Waals surface area contributed by atoms with E-state index in [1.165, 1.54) is 0 Å². The molecule has 0 saturated heterocycles. The zero-order valence-electron chi connectivity index (χ0n) is 11.5. The van der Waals surface area contributed by atoms with Gasteiger partial charge in [0.25, 0.3) is 0 Å². The average Bonchev–Trinajstić information content (AvgIpc) is 2.29. The number of rotatable bonds is 7. The highest BCUT2D eigenvalue weighted by Crippen LogP contribution is 2.13. The van der Waals surface area contributed by atoms with Gasteiger partial charge in [0, 0.05) is 19.1 Å². The molecule has 2 N–H and O–H groups in total. The van der Waals surface area contributed by atoms with Gasteiger partial charge in [-0.25, -0.2) is 0 Å². The van der Waals surface area contributed by atoms with Crippen LogP contribution in [0.5, 0.6) is 0 Å². The van der Waals surface area contributed by atoms with Gasteiger partial charge in [0.2, 0.25) is 5.91 Å². The van der Waals surface area contributed by atoms with Crippen LogP contribution in [0.1, 0.15) is 47.5 Å². The maximum absolute atomic E-state index is 12.1. The van der Waals surface area contributed by atoms with Crippen molar-refractivity contribution in [2.75, 3.05) is 13.1 Å². The van der Waals surface area contributed by atoms with Crippen molar-refractivity contribution in [3.05, 3.63) is 0 Å². The van der Waals surface area contributed by atoms with Crippen LogP contribution in [-0.2, 0) is 4.79 Å². The molecule has 0 aromatic heterocycles. The smallest absolute Gasteiger partial charge is 0.226 e. The quantitative estimate of drug-likeness (QED) is 0.726. The minimum Gasteiger partial charge on any atom is -0.342 e. The summed E-state index contributed by atoms with van der Waals surface area (Å²) in [5.41, 5.74) is 5.78. The molecule has 2 atom stereocenters. The summed E-state index contributed by atoms with van der Waals surface area (Å²) >= 11 is 0. The summed E-state index contributed by atoms with van der Waals surface area (Å²) in [6.07, 6.45) is 2.26. The number of hydrogen-bond acceptors (Lipinski definition) is 2. The molecule has 0 aromatic carbocycles. The van der Waals surface area contributed by atoms with Crippen LogP contribution in [0.15, 0.2) is 0 Å². The fraction of sp³-hybridized carbons (Fsp3) is 0.923. The number of nitrogens with two attached hydrogens (primary N) is 1. The molecule has 3 nitrogen and oxygen atoms in total. The molecule has 0 spiro atoms. The summed E-state index contributed by atoms with van der Waals surface area (Å²) in [6.45, 7) is 11.9. The minimum atomic E-state index is -0.0747. The number of hydrogen-bond donors (Lipinski definition) is 1. The molecule has 2 unspecified atom stereocenters. The molecule has 0 bridgehead atoms. The standard InChI is InChI=1S/C13H28N2O/c1-6-12(7-2)9-15(8-3)13(16)10(4)11(5)14/h10-12H,6-9,14H2,1-5H3. The molecule has 0 aliphatic rings. The lowest BCUT2D eigenvalue weighted by Crippen LogP contribution is -2.43. The third-order valence-electron chi connectivity index (χ3n) is 3.50. The molecule has 0 rings (SSSR count). The van der Waals surface area contributed by atoms with E-state index in [2.05, 4.69) is 13.8 Å². The second kappa shape index (κ2) is 7.66. The molecule has 0 fully saturated rings. The topological polar surface area (TPSA) is 46.3 Å². The molecule has 0 heterocycles. The van der Waals surface area contributed by atoms with E-state index in [0.29, 0.717) is 5.92 Å². The Kier molecular flexibility index (Phi) is 7.39. The van der Waals surface area contributed by atoms with Gasteiger partial charge >= 0.3 is 0 Å². The highest BCUT2D eigenvalue weighted by atomic mass is 16.2. The van der Waals surface area contributed by atoms with Crippen molar-refractivity contribution in [2.45, 2.75) is 53.5 Å². The first-order valence-corrected chi connectivity index (χ1v) is 6.52. The Morgan fingerprint density at radius 3 is 2.00 bits per heavy atom. The third-order valence-corrected chi connectivity index (χ3v) is 3.50. The van der Waals surface area contributed by atoms with Crippen LogP contribution in [0.3, 0.4) is 0 Å². The molecule has 0 saturated carbocycles. The van der Waals surface area contributed by atoms with Crippen LogP contribution in [-0.4, -0.2) is 29.9 Å². The Hall–Kier alpha value is -0.570. The van der Waals surface area contributed by atoms with Gasteiger partial charge in [0.15, 0.2) is 0 Å². The van der Waals surface area contributed by atoms with Gasteiger partial charge in [-0.1, -0.05) is 33.6 Å². The van der Waals surface area contributed by atoms with E-state index in [-0.39, 0.29) is 17.9 Å². The van der Waals surface area contributed by atoms with Crippen LogP contribution < -0.4 is 5.73 Å². The van der Waals surface area contributed by atoms with Gasteiger partial charge in [-0.3, -0.25) is 4.79 Å². The fourth-order valence-corrected chi connectivity index (χ4v) is 1.75. The molecule has 0 radical (unpaired) electrons. The Balaban J connectivity index is 4.42. The molecule has 1 amide bonds. The Morgan fingerprint density at radius 1 is 1.19 bits per heavy atom. The van der Waals surface area contributed by atoms with E-state index in [0.717, 1.165) is 25.9 Å². The number of amides is 1. The van der Waals surface area contributed by atoms with E-state index in [1.54, 1.807) is 0 Å². The number of nitrogens with zero attached hydrogens (tertiary/aromatic N) is 1. The summed E-state index contributed by atoms with van der Waals surface area (Å²) in [6, 6.07) is -0.0664. The average molecular weight is 228 g/mol. The van der Waals surface area contributed by atoms with Gasteiger partial charge in [0.05, 0.1) is 5.92 Å². The Morgan fingerprint density at radius 2 is 1.69 bits per heavy atom. The second-order valence-electron chi connectivity index (χ2n) is 4.71. The van der Waals surface area contributed by atoms with Crippen LogP contribution in [0.2, 0.25) is 0 Å². The van der Waals surface area contributed by atoms with Crippen LogP contribution >= 0.6 is 0 Å². The van der Waals surface area contributed by atoms with Crippen LogP contribution in [0.4, 0.5) is 0 Å². The predicted molar refractivity (Wildman–Crippen MR) is 69.1 cm³/mol. The molecule has 3 heteroatoms. The number of carbonyl (C=O) groups is 1. The molecule has 16 heavy (non-hydrogen) atoms. The summed E-state index contributed by atoms with van der Waals surface area (Å²) < 4.78 is 0. The first kappa shape index (κ1) is 15.4. The Labute approximate surface area is 100 Å². The monoisotopic (exact) mass is 228 g/mol. The highest BCUT2D eigenvalue weighted by Gasteiger charge is 2.23. The van der Waals surface area contributed by atoms with Crippen molar-refractivity contribution in [1.82, 2.24) is 4.90 Å². The molecule has 0 aliphatic heterocycles. The molecular formula is C13H28N2O. The van der Waals surface area contributed by atoms with Crippen LogP contribution in [0.25, 0.3) is 0 Å². The molecule has 0 aliphatic carbocycles. The third kappa shape index (κ3) is 4.52. The van der Waals surface area contributed by atoms with E-state index >= 15 is 0 Å². The highest BCUT2D eigenvalue weighted by molar-refractivity contribution is 5.79. The predicted octanol–water partition coefficient (Wildman–Crippen LogP) is 2.25. The molecule has 0 aromatic rings. The zero-order valence-corrected chi connectivity index (χ0v) is 11.5.